The number of hydrogen-bond acceptors (Lipinski definition) is 3. The van der Waals surface area contributed by atoms with E-state index in [1.54, 1.807) is 12.1 Å². The number of amides is 2. The molecule has 0 unspecified atom stereocenters. The zero-order valence-electron chi connectivity index (χ0n) is 7.61. The van der Waals surface area contributed by atoms with E-state index in [1.165, 1.54) is 6.21 Å². The number of nitrogens with one attached hydrogen (secondary N) is 1. The van der Waals surface area contributed by atoms with Crippen molar-refractivity contribution < 1.29 is 9.59 Å². The summed E-state index contributed by atoms with van der Waals surface area (Å²) in [6.07, 6.45) is 1.41. The topological polar surface area (TPSA) is 84.5 Å². The van der Waals surface area contributed by atoms with Crippen LogP contribution in [0.3, 0.4) is 0 Å². The molecule has 0 saturated carbocycles. The van der Waals surface area contributed by atoms with Crippen LogP contribution in [0.1, 0.15) is 5.56 Å². The molecule has 1 aromatic rings. The van der Waals surface area contributed by atoms with E-state index in [9.17, 15) is 9.59 Å². The molecule has 2 amide bonds. The minimum absolute atomic E-state index is 0.794. The highest BCUT2D eigenvalue weighted by Crippen LogP contribution is 2.08. The van der Waals surface area contributed by atoms with Crippen LogP contribution in [0, 0.1) is 0 Å². The van der Waals surface area contributed by atoms with Crippen LogP contribution in [0.4, 0.5) is 0 Å². The summed E-state index contributed by atoms with van der Waals surface area (Å²) in [5.41, 5.74) is 7.49. The molecule has 0 saturated heterocycles. The highest BCUT2D eigenvalue weighted by molar-refractivity contribution is 9.10. The molecule has 1 rings (SSSR count). The number of halogens is 1. The standard InChI is InChI=1S/C9H8BrN3O2/c10-7-3-1-6(2-4-7)5-12-13-9(15)8(11)14/h1-5H,(H2,11,14)(H,13,15). The molecule has 0 fully saturated rings. The number of nitrogens with zero attached hydrogens (tertiary/aromatic N) is 1. The summed E-state index contributed by atoms with van der Waals surface area (Å²) in [6.45, 7) is 0. The van der Waals surface area contributed by atoms with Gasteiger partial charge in [-0.15, -0.1) is 0 Å². The van der Waals surface area contributed by atoms with Crippen LogP contribution in [0.15, 0.2) is 33.8 Å². The fourth-order valence-electron chi connectivity index (χ4n) is 0.769. The Morgan fingerprint density at radius 1 is 1.33 bits per heavy atom. The van der Waals surface area contributed by atoms with Crippen molar-refractivity contribution in [3.05, 3.63) is 34.3 Å². The Balaban J connectivity index is 2.55. The number of carbonyl (C=O) groups excluding carboxylic acids is 2. The molecular formula is C9H8BrN3O2. The van der Waals surface area contributed by atoms with E-state index < -0.39 is 11.8 Å². The summed E-state index contributed by atoms with van der Waals surface area (Å²) in [6, 6.07) is 7.25. The SMILES string of the molecule is NC(=O)C(=O)NN=Cc1ccc(Br)cc1. The van der Waals surface area contributed by atoms with Crippen LogP contribution >= 0.6 is 15.9 Å². The Kier molecular flexibility index (Phi) is 3.99. The van der Waals surface area contributed by atoms with Crippen LogP contribution < -0.4 is 11.2 Å². The molecule has 0 heterocycles. The minimum Gasteiger partial charge on any atom is -0.361 e. The van der Waals surface area contributed by atoms with Crippen molar-refractivity contribution in [1.82, 2.24) is 5.43 Å². The number of benzene rings is 1. The van der Waals surface area contributed by atoms with Gasteiger partial charge in [0.1, 0.15) is 0 Å². The third-order valence-electron chi connectivity index (χ3n) is 1.47. The summed E-state index contributed by atoms with van der Waals surface area (Å²) in [5, 5.41) is 3.55. The van der Waals surface area contributed by atoms with Gasteiger partial charge < -0.3 is 5.73 Å². The molecule has 0 aliphatic carbocycles. The molecule has 0 aliphatic heterocycles. The van der Waals surface area contributed by atoms with Gasteiger partial charge in [0.15, 0.2) is 0 Å². The lowest BCUT2D eigenvalue weighted by Crippen LogP contribution is -2.32. The van der Waals surface area contributed by atoms with Gasteiger partial charge >= 0.3 is 11.8 Å². The van der Waals surface area contributed by atoms with Crippen LogP contribution in [0.2, 0.25) is 0 Å². The fourth-order valence-corrected chi connectivity index (χ4v) is 1.03. The molecule has 0 aromatic heterocycles. The molecule has 3 N–H and O–H groups in total. The molecule has 0 bridgehead atoms. The summed E-state index contributed by atoms with van der Waals surface area (Å²) >= 11 is 3.28. The van der Waals surface area contributed by atoms with Crippen LogP contribution in [-0.4, -0.2) is 18.0 Å². The van der Waals surface area contributed by atoms with E-state index in [-0.39, 0.29) is 0 Å². The number of hydrazone groups is 1. The lowest BCUT2D eigenvalue weighted by atomic mass is 10.2. The van der Waals surface area contributed by atoms with E-state index in [4.69, 9.17) is 5.73 Å². The molecule has 5 nitrogen and oxygen atoms in total. The maximum absolute atomic E-state index is 10.7. The molecule has 78 valence electrons. The lowest BCUT2D eigenvalue weighted by Gasteiger charge is -1.94. The maximum Gasteiger partial charge on any atom is 0.329 e. The van der Waals surface area contributed by atoms with E-state index in [2.05, 4.69) is 21.0 Å². The highest BCUT2D eigenvalue weighted by atomic mass is 79.9. The largest absolute Gasteiger partial charge is 0.361 e. The van der Waals surface area contributed by atoms with Crippen LogP contribution in [0.25, 0.3) is 0 Å². The van der Waals surface area contributed by atoms with E-state index >= 15 is 0 Å². The molecule has 15 heavy (non-hydrogen) atoms. The molecule has 0 spiro atoms. The van der Waals surface area contributed by atoms with Gasteiger partial charge in [0.2, 0.25) is 0 Å². The van der Waals surface area contributed by atoms with Crippen molar-refractivity contribution >= 4 is 34.0 Å². The fraction of sp³-hybridized carbons (Fsp3) is 0. The molecule has 0 radical (unpaired) electrons. The lowest BCUT2D eigenvalue weighted by molar-refractivity contribution is -0.137. The Morgan fingerprint density at radius 2 is 1.93 bits per heavy atom. The van der Waals surface area contributed by atoms with Crippen LogP contribution in [-0.2, 0) is 9.59 Å². The van der Waals surface area contributed by atoms with Crippen molar-refractivity contribution in [2.24, 2.45) is 10.8 Å². The van der Waals surface area contributed by atoms with Crippen LogP contribution in [0.5, 0.6) is 0 Å². The zero-order chi connectivity index (χ0) is 11.3. The quantitative estimate of drug-likeness (QED) is 0.462. The predicted molar refractivity (Wildman–Crippen MR) is 59.1 cm³/mol. The molecule has 1 aromatic carbocycles. The average Bonchev–Trinajstić information content (AvgIpc) is 2.20. The third-order valence-corrected chi connectivity index (χ3v) is 2.00. The molecule has 0 atom stereocenters. The first-order valence-corrected chi connectivity index (χ1v) is 4.77. The Morgan fingerprint density at radius 3 is 2.47 bits per heavy atom. The van der Waals surface area contributed by atoms with Crippen molar-refractivity contribution in [3.63, 3.8) is 0 Å². The monoisotopic (exact) mass is 269 g/mol. The first-order chi connectivity index (χ1) is 7.09. The van der Waals surface area contributed by atoms with Gasteiger partial charge in [-0.2, -0.15) is 5.10 Å². The summed E-state index contributed by atoms with van der Waals surface area (Å²) in [7, 11) is 0. The second-order valence-corrected chi connectivity index (χ2v) is 3.53. The Labute approximate surface area is 94.5 Å². The summed E-state index contributed by atoms with van der Waals surface area (Å²) < 4.78 is 0.945. The van der Waals surface area contributed by atoms with Gasteiger partial charge in [-0.1, -0.05) is 28.1 Å². The molecule has 0 aliphatic rings. The van der Waals surface area contributed by atoms with Crippen molar-refractivity contribution in [3.8, 4) is 0 Å². The second-order valence-electron chi connectivity index (χ2n) is 2.61. The van der Waals surface area contributed by atoms with Gasteiger partial charge in [0, 0.05) is 4.47 Å². The zero-order valence-corrected chi connectivity index (χ0v) is 9.19. The summed E-state index contributed by atoms with van der Waals surface area (Å²) in [4.78, 5) is 21.0. The maximum atomic E-state index is 10.7. The summed E-state index contributed by atoms with van der Waals surface area (Å²) in [5.74, 6) is -2.01. The Bertz CT molecular complexity index is 400. The number of nitrogens with two attached hydrogens (primary N) is 1. The first-order valence-electron chi connectivity index (χ1n) is 3.98. The second kappa shape index (κ2) is 5.26. The minimum atomic E-state index is -1.07. The van der Waals surface area contributed by atoms with Gasteiger partial charge in [-0.25, -0.2) is 5.43 Å². The molecule has 6 heteroatoms. The smallest absolute Gasteiger partial charge is 0.329 e. The van der Waals surface area contributed by atoms with E-state index in [0.29, 0.717) is 0 Å². The number of primary amides is 1. The number of carbonyl (C=O) groups is 2. The molecular weight excluding hydrogens is 262 g/mol. The highest BCUT2D eigenvalue weighted by Gasteiger charge is 2.04. The first kappa shape index (κ1) is 11.4. The number of rotatable bonds is 2. The predicted octanol–water partition coefficient (Wildman–Crippen LogP) is 0.385. The van der Waals surface area contributed by atoms with Crippen molar-refractivity contribution in [2.45, 2.75) is 0 Å². The third kappa shape index (κ3) is 3.90. The Hall–Kier alpha value is -1.69. The van der Waals surface area contributed by atoms with Crippen molar-refractivity contribution in [2.75, 3.05) is 0 Å². The average molecular weight is 270 g/mol. The van der Waals surface area contributed by atoms with Gasteiger partial charge in [-0.3, -0.25) is 9.59 Å². The van der Waals surface area contributed by atoms with Gasteiger partial charge in [0.05, 0.1) is 6.21 Å². The number of hydrogen-bond donors (Lipinski definition) is 2. The van der Waals surface area contributed by atoms with Gasteiger partial charge in [0.25, 0.3) is 0 Å². The van der Waals surface area contributed by atoms with Gasteiger partial charge in [-0.05, 0) is 17.7 Å². The normalized spacial score (nSPS) is 10.2. The van der Waals surface area contributed by atoms with E-state index in [1.807, 2.05) is 17.6 Å². The van der Waals surface area contributed by atoms with Crippen molar-refractivity contribution in [1.29, 1.82) is 0 Å². The van der Waals surface area contributed by atoms with E-state index in [0.717, 1.165) is 10.0 Å².